The van der Waals surface area contributed by atoms with E-state index in [1.807, 2.05) is 17.8 Å². The summed E-state index contributed by atoms with van der Waals surface area (Å²) in [4.78, 5) is 0. The van der Waals surface area contributed by atoms with Crippen molar-refractivity contribution in [3.63, 3.8) is 0 Å². The molecule has 0 aliphatic heterocycles. The van der Waals surface area contributed by atoms with E-state index in [1.165, 1.54) is 18.4 Å². The van der Waals surface area contributed by atoms with Gasteiger partial charge in [0, 0.05) is 12.2 Å². The zero-order chi connectivity index (χ0) is 10.7. The summed E-state index contributed by atoms with van der Waals surface area (Å²) in [5, 5.41) is 8.69. The second-order valence-corrected chi connectivity index (χ2v) is 5.34. The Morgan fingerprint density at radius 1 is 1.60 bits per heavy atom. The molecule has 1 saturated carbocycles. The van der Waals surface area contributed by atoms with Crippen LogP contribution < -0.4 is 0 Å². The van der Waals surface area contributed by atoms with Gasteiger partial charge in [-0.2, -0.15) is 17.0 Å². The van der Waals surface area contributed by atoms with Crippen LogP contribution in [0.1, 0.15) is 30.6 Å². The fraction of sp³-hybridized carbons (Fsp3) is 0.583. The molecule has 1 heterocycles. The number of hydrogen-bond donors (Lipinski definition) is 0. The fourth-order valence-corrected chi connectivity index (χ4v) is 3.04. The molecule has 0 aromatic carbocycles. The average Bonchev–Trinajstić information content (AvgIpc) is 2.85. The molecule has 1 aromatic rings. The van der Waals surface area contributed by atoms with Crippen molar-refractivity contribution in [3.05, 3.63) is 23.7 Å². The smallest absolute Gasteiger partial charge is 0.116 e. The highest BCUT2D eigenvalue weighted by molar-refractivity contribution is 7.98. The van der Waals surface area contributed by atoms with E-state index in [-0.39, 0.29) is 0 Å². The molecule has 0 bridgehead atoms. The first-order chi connectivity index (χ1) is 7.26. The van der Waals surface area contributed by atoms with E-state index < -0.39 is 0 Å². The van der Waals surface area contributed by atoms with Crippen LogP contribution in [-0.2, 0) is 5.75 Å². The van der Waals surface area contributed by atoms with E-state index >= 15 is 0 Å². The monoisotopic (exact) mass is 221 g/mol. The molecule has 3 heteroatoms. The molecular formula is C12H15NOS. The Kier molecular flexibility index (Phi) is 3.06. The predicted octanol–water partition coefficient (Wildman–Crippen LogP) is 3.52. The highest BCUT2D eigenvalue weighted by Gasteiger charge is 2.41. The number of rotatable bonds is 5. The molecule has 2 nitrogen and oxygen atoms in total. The van der Waals surface area contributed by atoms with Crippen LogP contribution in [0.4, 0.5) is 0 Å². The van der Waals surface area contributed by atoms with Crippen LogP contribution in [0.15, 0.2) is 16.7 Å². The van der Waals surface area contributed by atoms with Crippen molar-refractivity contribution in [2.45, 2.75) is 31.9 Å². The van der Waals surface area contributed by atoms with E-state index in [1.54, 1.807) is 6.26 Å². The first-order valence-corrected chi connectivity index (χ1v) is 6.39. The largest absolute Gasteiger partial charge is 0.468 e. The minimum absolute atomic E-state index is 0.347. The Morgan fingerprint density at radius 3 is 2.93 bits per heavy atom. The van der Waals surface area contributed by atoms with Crippen LogP contribution in [0.3, 0.4) is 0 Å². The summed E-state index contributed by atoms with van der Waals surface area (Å²) < 4.78 is 5.37. The Bertz CT molecular complexity index is 373. The molecule has 1 aliphatic rings. The molecule has 0 spiro atoms. The summed E-state index contributed by atoms with van der Waals surface area (Å²) in [5.74, 6) is 3.11. The normalized spacial score (nSPS) is 17.3. The lowest BCUT2D eigenvalue weighted by Crippen LogP contribution is -2.02. The fourth-order valence-electron chi connectivity index (χ4n) is 1.63. The van der Waals surface area contributed by atoms with Gasteiger partial charge in [-0.15, -0.1) is 0 Å². The minimum atomic E-state index is 0.347. The van der Waals surface area contributed by atoms with Crippen LogP contribution in [0.2, 0.25) is 0 Å². The van der Waals surface area contributed by atoms with Gasteiger partial charge in [-0.25, -0.2) is 0 Å². The molecule has 0 radical (unpaired) electrons. The molecule has 0 unspecified atom stereocenters. The van der Waals surface area contributed by atoms with Crippen LogP contribution in [0.5, 0.6) is 0 Å². The summed E-state index contributed by atoms with van der Waals surface area (Å²) in [6.07, 6.45) is 4.92. The SMILES string of the molecule is Cc1ccoc1CSCC1(CC#N)CC1. The van der Waals surface area contributed by atoms with Gasteiger partial charge in [0.25, 0.3) is 0 Å². The second-order valence-electron chi connectivity index (χ2n) is 4.35. The molecule has 15 heavy (non-hydrogen) atoms. The molecular weight excluding hydrogens is 206 g/mol. The summed E-state index contributed by atoms with van der Waals surface area (Å²) in [7, 11) is 0. The van der Waals surface area contributed by atoms with Gasteiger partial charge in [-0.3, -0.25) is 0 Å². The first-order valence-electron chi connectivity index (χ1n) is 5.23. The van der Waals surface area contributed by atoms with Crippen molar-refractivity contribution >= 4 is 11.8 Å². The quantitative estimate of drug-likeness (QED) is 0.763. The van der Waals surface area contributed by atoms with Crippen LogP contribution in [-0.4, -0.2) is 5.75 Å². The molecule has 1 aromatic heterocycles. The predicted molar refractivity (Wildman–Crippen MR) is 61.5 cm³/mol. The Morgan fingerprint density at radius 2 is 2.40 bits per heavy atom. The number of furan rings is 1. The zero-order valence-electron chi connectivity index (χ0n) is 8.95. The molecule has 0 saturated heterocycles. The number of nitriles is 1. The van der Waals surface area contributed by atoms with Crippen molar-refractivity contribution in [2.75, 3.05) is 5.75 Å². The van der Waals surface area contributed by atoms with E-state index in [9.17, 15) is 0 Å². The minimum Gasteiger partial charge on any atom is -0.468 e. The Balaban J connectivity index is 1.76. The van der Waals surface area contributed by atoms with Crippen molar-refractivity contribution in [1.82, 2.24) is 0 Å². The van der Waals surface area contributed by atoms with Gasteiger partial charge in [0.1, 0.15) is 5.76 Å². The standard InChI is InChI=1S/C12H15NOS/c1-10-2-7-14-11(10)8-15-9-12(3-4-12)5-6-13/h2,7H,3-5,8-9H2,1H3. The molecule has 0 atom stereocenters. The third kappa shape index (κ3) is 2.57. The van der Waals surface area contributed by atoms with Gasteiger partial charge >= 0.3 is 0 Å². The zero-order valence-corrected chi connectivity index (χ0v) is 9.77. The van der Waals surface area contributed by atoms with E-state index in [0.29, 0.717) is 5.41 Å². The maximum Gasteiger partial charge on any atom is 0.116 e. The molecule has 0 amide bonds. The number of aryl methyl sites for hydroxylation is 1. The first kappa shape index (κ1) is 10.6. The third-order valence-corrected chi connectivity index (χ3v) is 4.30. The molecule has 1 fully saturated rings. The number of thioether (sulfide) groups is 1. The van der Waals surface area contributed by atoms with Crippen molar-refractivity contribution < 1.29 is 4.42 Å². The Hall–Kier alpha value is -0.880. The molecule has 1 aliphatic carbocycles. The lowest BCUT2D eigenvalue weighted by atomic mass is 10.1. The molecule has 80 valence electrons. The number of hydrogen-bond acceptors (Lipinski definition) is 3. The van der Waals surface area contributed by atoms with Gasteiger partial charge in [-0.05, 0) is 36.8 Å². The Labute approximate surface area is 94.7 Å². The van der Waals surface area contributed by atoms with Gasteiger partial charge in [-0.1, -0.05) is 0 Å². The maximum atomic E-state index is 8.69. The lowest BCUT2D eigenvalue weighted by molar-refractivity contribution is 0.527. The maximum absolute atomic E-state index is 8.69. The highest BCUT2D eigenvalue weighted by Crippen LogP contribution is 2.51. The van der Waals surface area contributed by atoms with Crippen LogP contribution >= 0.6 is 11.8 Å². The molecule has 2 rings (SSSR count). The van der Waals surface area contributed by atoms with Crippen molar-refractivity contribution in [3.8, 4) is 6.07 Å². The van der Waals surface area contributed by atoms with Crippen LogP contribution in [0, 0.1) is 23.7 Å². The second kappa shape index (κ2) is 4.32. The van der Waals surface area contributed by atoms with E-state index in [4.69, 9.17) is 9.68 Å². The lowest BCUT2D eigenvalue weighted by Gasteiger charge is -2.09. The average molecular weight is 221 g/mol. The van der Waals surface area contributed by atoms with Gasteiger partial charge in [0.05, 0.1) is 18.1 Å². The summed E-state index contributed by atoms with van der Waals surface area (Å²) in [6, 6.07) is 4.29. The summed E-state index contributed by atoms with van der Waals surface area (Å²) >= 11 is 1.89. The topological polar surface area (TPSA) is 36.9 Å². The number of nitrogens with zero attached hydrogens (tertiary/aromatic N) is 1. The van der Waals surface area contributed by atoms with Crippen molar-refractivity contribution in [2.24, 2.45) is 5.41 Å². The van der Waals surface area contributed by atoms with E-state index in [2.05, 4.69) is 13.0 Å². The van der Waals surface area contributed by atoms with E-state index in [0.717, 1.165) is 23.7 Å². The van der Waals surface area contributed by atoms with Crippen molar-refractivity contribution in [1.29, 1.82) is 5.26 Å². The summed E-state index contributed by atoms with van der Waals surface area (Å²) in [6.45, 7) is 2.07. The third-order valence-electron chi connectivity index (χ3n) is 3.02. The van der Waals surface area contributed by atoms with Gasteiger partial charge in [0.2, 0.25) is 0 Å². The van der Waals surface area contributed by atoms with Gasteiger partial charge < -0.3 is 4.42 Å². The highest BCUT2D eigenvalue weighted by atomic mass is 32.2. The summed E-state index contributed by atoms with van der Waals surface area (Å²) in [5.41, 5.74) is 1.58. The van der Waals surface area contributed by atoms with Gasteiger partial charge in [0.15, 0.2) is 0 Å². The van der Waals surface area contributed by atoms with Crippen LogP contribution in [0.25, 0.3) is 0 Å². The molecule has 0 N–H and O–H groups in total.